The minimum atomic E-state index is 0.488. The van der Waals surface area contributed by atoms with Crippen molar-refractivity contribution in [2.24, 2.45) is 0 Å². The number of nitrogens with zero attached hydrogens (tertiary/aromatic N) is 3. The molecular formula is C11H22N4. The number of rotatable bonds is 6. The highest BCUT2D eigenvalue weighted by atomic mass is 15.1. The molecule has 1 aromatic heterocycles. The third kappa shape index (κ3) is 4.01. The van der Waals surface area contributed by atoms with Crippen LogP contribution in [-0.2, 0) is 13.1 Å². The van der Waals surface area contributed by atoms with Gasteiger partial charge in [-0.3, -0.25) is 0 Å². The molecule has 1 atom stereocenters. The molecule has 15 heavy (non-hydrogen) atoms. The second-order valence-electron chi connectivity index (χ2n) is 4.17. The lowest BCUT2D eigenvalue weighted by Gasteiger charge is -2.18. The molecule has 0 saturated heterocycles. The maximum Gasteiger partial charge on any atom is 0.122 e. The van der Waals surface area contributed by atoms with Crippen LogP contribution >= 0.6 is 0 Å². The summed E-state index contributed by atoms with van der Waals surface area (Å²) < 4.78 is 2.16. The zero-order valence-corrected chi connectivity index (χ0v) is 10.2. The Morgan fingerprint density at radius 2 is 2.27 bits per heavy atom. The first-order chi connectivity index (χ1) is 7.13. The second kappa shape index (κ2) is 5.88. The Morgan fingerprint density at radius 3 is 2.87 bits per heavy atom. The van der Waals surface area contributed by atoms with Crippen molar-refractivity contribution < 1.29 is 0 Å². The van der Waals surface area contributed by atoms with Crippen LogP contribution in [0.3, 0.4) is 0 Å². The summed E-state index contributed by atoms with van der Waals surface area (Å²) in [6.45, 7) is 7.20. The normalized spacial score (nSPS) is 13.4. The number of nitrogens with one attached hydrogen (secondary N) is 1. The van der Waals surface area contributed by atoms with Gasteiger partial charge in [0.25, 0.3) is 0 Å². The van der Waals surface area contributed by atoms with E-state index in [1.807, 2.05) is 12.4 Å². The number of hydrogen-bond donors (Lipinski definition) is 1. The average Bonchev–Trinajstić information content (AvgIpc) is 2.60. The first-order valence-electron chi connectivity index (χ1n) is 5.51. The van der Waals surface area contributed by atoms with Crippen LogP contribution in [0.4, 0.5) is 0 Å². The van der Waals surface area contributed by atoms with Gasteiger partial charge in [0.2, 0.25) is 0 Å². The third-order valence-corrected chi connectivity index (χ3v) is 2.39. The van der Waals surface area contributed by atoms with Crippen LogP contribution in [0.2, 0.25) is 0 Å². The summed E-state index contributed by atoms with van der Waals surface area (Å²) in [6.07, 6.45) is 3.88. The van der Waals surface area contributed by atoms with Gasteiger partial charge in [0.15, 0.2) is 0 Å². The van der Waals surface area contributed by atoms with Crippen LogP contribution in [0, 0.1) is 0 Å². The molecule has 0 saturated carbocycles. The van der Waals surface area contributed by atoms with Crippen molar-refractivity contribution >= 4 is 0 Å². The van der Waals surface area contributed by atoms with E-state index in [2.05, 4.69) is 47.7 Å². The van der Waals surface area contributed by atoms with Crippen LogP contribution in [0.5, 0.6) is 0 Å². The van der Waals surface area contributed by atoms with Gasteiger partial charge in [-0.1, -0.05) is 0 Å². The van der Waals surface area contributed by atoms with Crippen molar-refractivity contribution in [3.05, 3.63) is 18.2 Å². The van der Waals surface area contributed by atoms with Gasteiger partial charge in [0.1, 0.15) is 5.82 Å². The zero-order valence-electron chi connectivity index (χ0n) is 10.2. The minimum absolute atomic E-state index is 0.488. The fourth-order valence-corrected chi connectivity index (χ4v) is 1.67. The fourth-order valence-electron chi connectivity index (χ4n) is 1.67. The van der Waals surface area contributed by atoms with E-state index in [0.29, 0.717) is 6.04 Å². The van der Waals surface area contributed by atoms with Gasteiger partial charge in [-0.2, -0.15) is 0 Å². The highest BCUT2D eigenvalue weighted by molar-refractivity contribution is 4.92. The van der Waals surface area contributed by atoms with Crippen LogP contribution < -0.4 is 5.32 Å². The smallest absolute Gasteiger partial charge is 0.122 e. The first-order valence-corrected chi connectivity index (χ1v) is 5.51. The number of aryl methyl sites for hydroxylation is 1. The average molecular weight is 210 g/mol. The van der Waals surface area contributed by atoms with E-state index in [9.17, 15) is 0 Å². The van der Waals surface area contributed by atoms with Crippen LogP contribution in [0.15, 0.2) is 12.4 Å². The van der Waals surface area contributed by atoms with Gasteiger partial charge >= 0.3 is 0 Å². The number of imidazole rings is 1. The second-order valence-corrected chi connectivity index (χ2v) is 4.17. The minimum Gasteiger partial charge on any atom is -0.334 e. The van der Waals surface area contributed by atoms with Crippen molar-refractivity contribution in [1.82, 2.24) is 19.8 Å². The van der Waals surface area contributed by atoms with E-state index in [-0.39, 0.29) is 0 Å². The van der Waals surface area contributed by atoms with Crippen molar-refractivity contribution in [1.29, 1.82) is 0 Å². The number of likely N-dealkylation sites (N-methyl/N-ethyl adjacent to an activating group) is 1. The predicted octanol–water partition coefficient (Wildman–Crippen LogP) is 0.943. The number of aromatic nitrogens is 2. The Morgan fingerprint density at radius 1 is 1.53 bits per heavy atom. The molecule has 0 fully saturated rings. The van der Waals surface area contributed by atoms with E-state index in [1.54, 1.807) is 0 Å². The van der Waals surface area contributed by atoms with Crippen molar-refractivity contribution in [3.8, 4) is 0 Å². The highest BCUT2D eigenvalue weighted by Crippen LogP contribution is 1.97. The topological polar surface area (TPSA) is 33.1 Å². The molecule has 0 amide bonds. The molecule has 4 nitrogen and oxygen atoms in total. The van der Waals surface area contributed by atoms with E-state index >= 15 is 0 Å². The maximum absolute atomic E-state index is 4.32. The maximum atomic E-state index is 4.32. The van der Waals surface area contributed by atoms with Crippen LogP contribution in [-0.4, -0.2) is 41.1 Å². The Kier molecular flexibility index (Phi) is 4.78. The SMILES string of the molecule is CCn1ccnc1CNC(C)CN(C)C. The van der Waals surface area contributed by atoms with Crippen LogP contribution in [0.1, 0.15) is 19.7 Å². The summed E-state index contributed by atoms with van der Waals surface area (Å²) in [7, 11) is 4.18. The molecule has 1 unspecified atom stereocenters. The summed E-state index contributed by atoms with van der Waals surface area (Å²) in [5, 5.41) is 3.47. The van der Waals surface area contributed by atoms with Gasteiger partial charge < -0.3 is 14.8 Å². The van der Waals surface area contributed by atoms with Crippen molar-refractivity contribution in [2.45, 2.75) is 33.0 Å². The van der Waals surface area contributed by atoms with Gasteiger partial charge in [-0.25, -0.2) is 4.98 Å². The Hall–Kier alpha value is -0.870. The molecule has 0 radical (unpaired) electrons. The predicted molar refractivity (Wildman–Crippen MR) is 62.8 cm³/mol. The molecule has 0 aliphatic rings. The van der Waals surface area contributed by atoms with Gasteiger partial charge in [-0.15, -0.1) is 0 Å². The largest absolute Gasteiger partial charge is 0.334 e. The molecule has 0 aromatic carbocycles. The van der Waals surface area contributed by atoms with Crippen molar-refractivity contribution in [3.63, 3.8) is 0 Å². The molecule has 0 aliphatic heterocycles. The summed E-state index contributed by atoms with van der Waals surface area (Å²) in [5.74, 6) is 1.11. The van der Waals surface area contributed by atoms with E-state index in [4.69, 9.17) is 0 Å². The van der Waals surface area contributed by atoms with E-state index < -0.39 is 0 Å². The van der Waals surface area contributed by atoms with E-state index in [1.165, 1.54) is 0 Å². The molecule has 0 spiro atoms. The molecular weight excluding hydrogens is 188 g/mol. The van der Waals surface area contributed by atoms with Gasteiger partial charge in [0, 0.05) is 31.5 Å². The standard InChI is InChI=1S/C11H22N4/c1-5-15-7-6-12-11(15)8-13-10(2)9-14(3)4/h6-7,10,13H,5,8-9H2,1-4H3. The first kappa shape index (κ1) is 12.2. The van der Waals surface area contributed by atoms with Crippen molar-refractivity contribution in [2.75, 3.05) is 20.6 Å². The summed E-state index contributed by atoms with van der Waals surface area (Å²) in [4.78, 5) is 6.51. The molecule has 1 N–H and O–H groups in total. The monoisotopic (exact) mass is 210 g/mol. The molecule has 0 aliphatic carbocycles. The highest BCUT2D eigenvalue weighted by Gasteiger charge is 2.05. The van der Waals surface area contributed by atoms with Crippen LogP contribution in [0.25, 0.3) is 0 Å². The van der Waals surface area contributed by atoms with Gasteiger partial charge in [-0.05, 0) is 27.9 Å². The summed E-state index contributed by atoms with van der Waals surface area (Å²) in [6, 6.07) is 0.488. The van der Waals surface area contributed by atoms with E-state index in [0.717, 1.165) is 25.5 Å². The fraction of sp³-hybridized carbons (Fsp3) is 0.727. The van der Waals surface area contributed by atoms with Gasteiger partial charge in [0.05, 0.1) is 6.54 Å². The lowest BCUT2D eigenvalue weighted by atomic mass is 10.3. The Balaban J connectivity index is 2.36. The Bertz CT molecular complexity index is 280. The molecule has 1 rings (SSSR count). The molecule has 0 bridgehead atoms. The number of hydrogen-bond acceptors (Lipinski definition) is 3. The third-order valence-electron chi connectivity index (χ3n) is 2.39. The molecule has 1 aromatic rings. The zero-order chi connectivity index (χ0) is 11.3. The Labute approximate surface area is 92.3 Å². The summed E-state index contributed by atoms with van der Waals surface area (Å²) >= 11 is 0. The molecule has 4 heteroatoms. The molecule has 86 valence electrons. The lowest BCUT2D eigenvalue weighted by Crippen LogP contribution is -2.35. The lowest BCUT2D eigenvalue weighted by molar-refractivity contribution is 0.346. The quantitative estimate of drug-likeness (QED) is 0.758. The summed E-state index contributed by atoms with van der Waals surface area (Å²) in [5.41, 5.74) is 0. The molecule has 1 heterocycles.